The SMILES string of the molecule is Cc1ccc(C)c(-c2csc(NC(=O)C3CCCN(S(=O)(=O)c4ccccc4)C3)n2)c1. The Morgan fingerprint density at radius 1 is 1.16 bits per heavy atom. The molecule has 1 fully saturated rings. The van der Waals surface area contributed by atoms with E-state index in [9.17, 15) is 13.2 Å². The zero-order valence-corrected chi connectivity index (χ0v) is 19.2. The van der Waals surface area contributed by atoms with Gasteiger partial charge < -0.3 is 5.32 Å². The van der Waals surface area contributed by atoms with Gasteiger partial charge in [-0.1, -0.05) is 35.9 Å². The number of rotatable bonds is 5. The Hall–Kier alpha value is -2.55. The summed E-state index contributed by atoms with van der Waals surface area (Å²) in [5.41, 5.74) is 4.16. The van der Waals surface area contributed by atoms with Crippen LogP contribution in [0.2, 0.25) is 0 Å². The quantitative estimate of drug-likeness (QED) is 0.616. The van der Waals surface area contributed by atoms with Gasteiger partial charge in [-0.25, -0.2) is 13.4 Å². The molecule has 1 aromatic heterocycles. The van der Waals surface area contributed by atoms with Gasteiger partial charge in [0.1, 0.15) is 0 Å². The maximum absolute atomic E-state index is 12.9. The number of carbonyl (C=O) groups excluding carboxylic acids is 1. The average molecular weight is 456 g/mol. The molecule has 1 aliphatic rings. The molecule has 2 heterocycles. The number of piperidine rings is 1. The fourth-order valence-corrected chi connectivity index (χ4v) is 6.05. The van der Waals surface area contributed by atoms with E-state index in [1.54, 1.807) is 30.3 Å². The van der Waals surface area contributed by atoms with E-state index < -0.39 is 15.9 Å². The largest absolute Gasteiger partial charge is 0.302 e. The minimum Gasteiger partial charge on any atom is -0.302 e. The number of anilines is 1. The smallest absolute Gasteiger partial charge is 0.243 e. The van der Waals surface area contributed by atoms with E-state index in [1.165, 1.54) is 15.6 Å². The number of nitrogens with one attached hydrogen (secondary N) is 1. The molecule has 1 amide bonds. The standard InChI is InChI=1S/C23H25N3O3S2/c1-16-10-11-17(2)20(13-16)21-15-30-23(24-21)25-22(27)18-7-6-12-26(14-18)31(28,29)19-8-4-3-5-9-19/h3-5,8-11,13,15,18H,6-7,12,14H2,1-2H3,(H,24,25,27). The van der Waals surface area contributed by atoms with Crippen LogP contribution in [-0.4, -0.2) is 36.7 Å². The van der Waals surface area contributed by atoms with Gasteiger partial charge in [0.05, 0.1) is 16.5 Å². The highest BCUT2D eigenvalue weighted by atomic mass is 32.2. The van der Waals surface area contributed by atoms with Gasteiger partial charge in [0.25, 0.3) is 0 Å². The Morgan fingerprint density at radius 3 is 2.71 bits per heavy atom. The lowest BCUT2D eigenvalue weighted by atomic mass is 9.99. The lowest BCUT2D eigenvalue weighted by Gasteiger charge is -2.31. The van der Waals surface area contributed by atoms with Crippen molar-refractivity contribution in [2.24, 2.45) is 5.92 Å². The topological polar surface area (TPSA) is 79.4 Å². The summed E-state index contributed by atoms with van der Waals surface area (Å²) < 4.78 is 27.3. The van der Waals surface area contributed by atoms with Crippen LogP contribution in [0.15, 0.2) is 58.8 Å². The molecule has 4 rings (SSSR count). The fourth-order valence-electron chi connectivity index (χ4n) is 3.79. The zero-order chi connectivity index (χ0) is 22.0. The predicted molar refractivity (Wildman–Crippen MR) is 124 cm³/mol. The highest BCUT2D eigenvalue weighted by Gasteiger charge is 2.33. The summed E-state index contributed by atoms with van der Waals surface area (Å²) in [5.74, 6) is -0.588. The highest BCUT2D eigenvalue weighted by molar-refractivity contribution is 7.89. The van der Waals surface area contributed by atoms with Crippen molar-refractivity contribution in [1.29, 1.82) is 0 Å². The summed E-state index contributed by atoms with van der Waals surface area (Å²) in [7, 11) is -3.60. The number of hydrogen-bond donors (Lipinski definition) is 1. The van der Waals surface area contributed by atoms with Crippen LogP contribution >= 0.6 is 11.3 Å². The number of aromatic nitrogens is 1. The minimum absolute atomic E-state index is 0.179. The molecule has 1 atom stereocenters. The van der Waals surface area contributed by atoms with Crippen molar-refractivity contribution in [2.45, 2.75) is 31.6 Å². The van der Waals surface area contributed by atoms with Crippen molar-refractivity contribution in [3.05, 3.63) is 65.0 Å². The van der Waals surface area contributed by atoms with Gasteiger partial charge in [-0.3, -0.25) is 4.79 Å². The van der Waals surface area contributed by atoms with Crippen LogP contribution < -0.4 is 5.32 Å². The molecule has 1 unspecified atom stereocenters. The lowest BCUT2D eigenvalue weighted by molar-refractivity contribution is -0.120. The Bertz CT molecular complexity index is 1190. The molecule has 1 saturated heterocycles. The van der Waals surface area contributed by atoms with E-state index >= 15 is 0 Å². The first-order valence-corrected chi connectivity index (χ1v) is 12.6. The molecule has 0 saturated carbocycles. The van der Waals surface area contributed by atoms with Gasteiger partial charge in [-0.05, 0) is 50.5 Å². The van der Waals surface area contributed by atoms with E-state index in [1.807, 2.05) is 19.2 Å². The second-order valence-electron chi connectivity index (χ2n) is 7.86. The Balaban J connectivity index is 1.46. The maximum atomic E-state index is 12.9. The number of thiazole rings is 1. The van der Waals surface area contributed by atoms with Crippen molar-refractivity contribution in [2.75, 3.05) is 18.4 Å². The first-order valence-electron chi connectivity index (χ1n) is 10.2. The van der Waals surface area contributed by atoms with Crippen LogP contribution in [0.25, 0.3) is 11.3 Å². The monoisotopic (exact) mass is 455 g/mol. The molecule has 0 radical (unpaired) electrons. The molecule has 162 valence electrons. The second kappa shape index (κ2) is 8.90. The summed E-state index contributed by atoms with van der Waals surface area (Å²) in [4.78, 5) is 17.7. The Morgan fingerprint density at radius 2 is 1.94 bits per heavy atom. The van der Waals surface area contributed by atoms with Crippen LogP contribution in [0.4, 0.5) is 5.13 Å². The number of sulfonamides is 1. The number of carbonyl (C=O) groups is 1. The van der Waals surface area contributed by atoms with Gasteiger partial charge in [0, 0.05) is 24.0 Å². The van der Waals surface area contributed by atoms with Gasteiger partial charge in [-0.2, -0.15) is 4.31 Å². The van der Waals surface area contributed by atoms with E-state index in [-0.39, 0.29) is 17.3 Å². The molecular weight excluding hydrogens is 430 g/mol. The van der Waals surface area contributed by atoms with E-state index in [0.29, 0.717) is 24.5 Å². The molecule has 0 aliphatic carbocycles. The summed E-state index contributed by atoms with van der Waals surface area (Å²) in [6.07, 6.45) is 1.30. The second-order valence-corrected chi connectivity index (χ2v) is 10.7. The molecule has 8 heteroatoms. The third kappa shape index (κ3) is 4.71. The average Bonchev–Trinajstić information content (AvgIpc) is 3.24. The van der Waals surface area contributed by atoms with Crippen molar-refractivity contribution in [3.8, 4) is 11.3 Å². The highest BCUT2D eigenvalue weighted by Crippen LogP contribution is 2.29. The molecule has 1 N–H and O–H groups in total. The molecule has 0 bridgehead atoms. The van der Waals surface area contributed by atoms with Crippen LogP contribution in [0.3, 0.4) is 0 Å². The molecular formula is C23H25N3O3S2. The summed E-state index contributed by atoms with van der Waals surface area (Å²) >= 11 is 1.38. The zero-order valence-electron chi connectivity index (χ0n) is 17.5. The first kappa shape index (κ1) is 21.7. The van der Waals surface area contributed by atoms with Gasteiger partial charge in [0.15, 0.2) is 5.13 Å². The summed E-state index contributed by atoms with van der Waals surface area (Å²) in [6, 6.07) is 14.6. The molecule has 3 aromatic rings. The fraction of sp³-hybridized carbons (Fsp3) is 0.304. The van der Waals surface area contributed by atoms with Crippen LogP contribution in [-0.2, 0) is 14.8 Å². The molecule has 0 spiro atoms. The van der Waals surface area contributed by atoms with Crippen LogP contribution in [0.1, 0.15) is 24.0 Å². The maximum Gasteiger partial charge on any atom is 0.243 e. The number of nitrogens with zero attached hydrogens (tertiary/aromatic N) is 2. The Kier molecular flexibility index (Phi) is 6.22. The molecule has 31 heavy (non-hydrogen) atoms. The number of benzene rings is 2. The van der Waals surface area contributed by atoms with Crippen molar-refractivity contribution < 1.29 is 13.2 Å². The number of hydrogen-bond acceptors (Lipinski definition) is 5. The lowest BCUT2D eigenvalue weighted by Crippen LogP contribution is -2.43. The van der Waals surface area contributed by atoms with Crippen molar-refractivity contribution in [1.82, 2.24) is 9.29 Å². The van der Waals surface area contributed by atoms with E-state index in [4.69, 9.17) is 0 Å². The molecule has 1 aliphatic heterocycles. The molecule has 6 nitrogen and oxygen atoms in total. The van der Waals surface area contributed by atoms with Crippen molar-refractivity contribution in [3.63, 3.8) is 0 Å². The number of aryl methyl sites for hydroxylation is 2. The third-order valence-corrected chi connectivity index (χ3v) is 8.18. The van der Waals surface area contributed by atoms with Crippen LogP contribution in [0, 0.1) is 19.8 Å². The molecule has 2 aromatic carbocycles. The van der Waals surface area contributed by atoms with E-state index in [2.05, 4.69) is 28.5 Å². The van der Waals surface area contributed by atoms with E-state index in [0.717, 1.165) is 22.4 Å². The summed E-state index contributed by atoms with van der Waals surface area (Å²) in [5, 5.41) is 5.36. The predicted octanol–water partition coefficient (Wildman–Crippen LogP) is 4.47. The Labute approximate surface area is 187 Å². The minimum atomic E-state index is -3.60. The van der Waals surface area contributed by atoms with Gasteiger partial charge in [0.2, 0.25) is 15.9 Å². The van der Waals surface area contributed by atoms with Gasteiger partial charge in [-0.15, -0.1) is 11.3 Å². The normalized spacial score (nSPS) is 17.4. The third-order valence-electron chi connectivity index (χ3n) is 5.54. The van der Waals surface area contributed by atoms with Gasteiger partial charge >= 0.3 is 0 Å². The number of amides is 1. The van der Waals surface area contributed by atoms with Crippen LogP contribution in [0.5, 0.6) is 0 Å². The first-order chi connectivity index (χ1) is 14.8. The summed E-state index contributed by atoms with van der Waals surface area (Å²) in [6.45, 7) is 4.68. The van der Waals surface area contributed by atoms with Crippen molar-refractivity contribution >= 4 is 32.4 Å².